The van der Waals surface area contributed by atoms with Gasteiger partial charge in [0.25, 0.3) is 0 Å². The summed E-state index contributed by atoms with van der Waals surface area (Å²) in [6, 6.07) is 0. The molecule has 0 rings (SSSR count). The van der Waals surface area contributed by atoms with Gasteiger partial charge in [0.05, 0.1) is 10.5 Å². The fourth-order valence-electron chi connectivity index (χ4n) is 3.12. The van der Waals surface area contributed by atoms with E-state index in [1.807, 2.05) is 4.90 Å². The molecule has 166 valence electrons. The first-order valence-corrected chi connectivity index (χ1v) is 13.4. The number of hydrogen-bond acceptors (Lipinski definition) is 4. The van der Waals surface area contributed by atoms with E-state index in [4.69, 9.17) is 5.73 Å². The average Bonchev–Trinajstić information content (AvgIpc) is 2.69. The zero-order valence-electron chi connectivity index (χ0n) is 18.8. The minimum absolute atomic E-state index is 0.161. The van der Waals surface area contributed by atoms with Crippen LogP contribution >= 0.6 is 23.5 Å². The highest BCUT2D eigenvalue weighted by molar-refractivity contribution is 8.04. The van der Waals surface area contributed by atoms with Crippen LogP contribution in [0.4, 0.5) is 0 Å². The number of carbonyl (C=O) groups is 2. The molecule has 0 saturated carbocycles. The van der Waals surface area contributed by atoms with Crippen LogP contribution in [-0.4, -0.2) is 51.8 Å². The zero-order chi connectivity index (χ0) is 21.3. The van der Waals surface area contributed by atoms with Gasteiger partial charge in [0.15, 0.2) is 0 Å². The van der Waals surface area contributed by atoms with Crippen LogP contribution in [0, 0.1) is 0 Å². The number of amides is 2. The highest BCUT2D eigenvalue weighted by Gasteiger charge is 2.35. The molecule has 0 aromatic heterocycles. The minimum Gasteiger partial charge on any atom is -0.368 e. The fourth-order valence-corrected chi connectivity index (χ4v) is 5.53. The van der Waals surface area contributed by atoms with E-state index >= 15 is 0 Å². The van der Waals surface area contributed by atoms with Gasteiger partial charge < -0.3 is 10.6 Å². The summed E-state index contributed by atoms with van der Waals surface area (Å²) < 4.78 is -0.426. The van der Waals surface area contributed by atoms with Gasteiger partial charge in [-0.05, 0) is 25.7 Å². The van der Waals surface area contributed by atoms with Gasteiger partial charge in [-0.15, -0.1) is 11.8 Å². The van der Waals surface area contributed by atoms with Gasteiger partial charge in [-0.3, -0.25) is 9.59 Å². The number of hydrogen-bond donors (Lipinski definition) is 1. The smallest absolute Gasteiger partial charge is 0.233 e. The van der Waals surface area contributed by atoms with E-state index in [9.17, 15) is 9.59 Å². The molecule has 0 radical (unpaired) electrons. The molecule has 0 spiro atoms. The quantitative estimate of drug-likeness (QED) is 0.274. The lowest BCUT2D eigenvalue weighted by atomic mass is 9.94. The van der Waals surface area contributed by atoms with Crippen LogP contribution in [0.25, 0.3) is 0 Å². The van der Waals surface area contributed by atoms with Crippen LogP contribution in [0.2, 0.25) is 0 Å². The Balaban J connectivity index is 4.48. The van der Waals surface area contributed by atoms with E-state index in [0.29, 0.717) is 5.75 Å². The normalized spacial score (nSPS) is 11.6. The second-order valence-electron chi connectivity index (χ2n) is 7.55. The van der Waals surface area contributed by atoms with Gasteiger partial charge in [0.2, 0.25) is 11.8 Å². The number of nitrogens with two attached hydrogens (primary N) is 1. The SMILES string of the molecule is CCCCN(CCCC)C(=O)CSCCSC(CCCC)(CCCC)C(N)=O. The molecule has 4 nitrogen and oxygen atoms in total. The van der Waals surface area contributed by atoms with E-state index in [1.54, 1.807) is 23.5 Å². The Labute approximate surface area is 182 Å². The summed E-state index contributed by atoms with van der Waals surface area (Å²) in [5, 5.41) is 0. The number of primary amides is 1. The Morgan fingerprint density at radius 2 is 1.32 bits per heavy atom. The Bertz CT molecular complexity index is 403. The van der Waals surface area contributed by atoms with Crippen LogP contribution in [-0.2, 0) is 9.59 Å². The summed E-state index contributed by atoms with van der Waals surface area (Å²) in [5.74, 6) is 2.40. The maximum absolute atomic E-state index is 12.5. The van der Waals surface area contributed by atoms with E-state index < -0.39 is 4.75 Å². The number of nitrogens with zero attached hydrogens (tertiary/aromatic N) is 1. The second-order valence-corrected chi connectivity index (χ2v) is 10.1. The van der Waals surface area contributed by atoms with Crippen molar-refractivity contribution in [3.05, 3.63) is 0 Å². The highest BCUT2D eigenvalue weighted by Crippen LogP contribution is 2.36. The summed E-state index contributed by atoms with van der Waals surface area (Å²) in [6.07, 6.45) is 10.4. The second kappa shape index (κ2) is 17.5. The van der Waals surface area contributed by atoms with Gasteiger partial charge in [-0.2, -0.15) is 11.8 Å². The highest BCUT2D eigenvalue weighted by atomic mass is 32.2. The lowest BCUT2D eigenvalue weighted by Gasteiger charge is -2.30. The Morgan fingerprint density at radius 1 is 0.821 bits per heavy atom. The number of unbranched alkanes of at least 4 members (excludes halogenated alkanes) is 4. The molecule has 0 aromatic rings. The molecule has 2 N–H and O–H groups in total. The molecule has 0 aliphatic rings. The molecule has 0 aliphatic carbocycles. The summed E-state index contributed by atoms with van der Waals surface area (Å²) in [7, 11) is 0. The van der Waals surface area contributed by atoms with E-state index in [-0.39, 0.29) is 11.8 Å². The van der Waals surface area contributed by atoms with Crippen molar-refractivity contribution >= 4 is 35.3 Å². The van der Waals surface area contributed by atoms with Crippen LogP contribution < -0.4 is 5.73 Å². The maximum Gasteiger partial charge on any atom is 0.233 e. The molecule has 0 bridgehead atoms. The molecule has 0 atom stereocenters. The molecule has 0 unspecified atom stereocenters. The van der Waals surface area contributed by atoms with Crippen molar-refractivity contribution in [2.45, 2.75) is 96.7 Å². The average molecular weight is 433 g/mol. The predicted molar refractivity (Wildman–Crippen MR) is 127 cm³/mol. The van der Waals surface area contributed by atoms with Crippen LogP contribution in [0.1, 0.15) is 91.9 Å². The Morgan fingerprint density at radius 3 is 1.75 bits per heavy atom. The van der Waals surface area contributed by atoms with E-state index in [1.165, 1.54) is 0 Å². The lowest BCUT2D eigenvalue weighted by molar-refractivity contribution is -0.128. The molecule has 2 amide bonds. The zero-order valence-corrected chi connectivity index (χ0v) is 20.4. The molecule has 0 fully saturated rings. The number of carbonyl (C=O) groups excluding carboxylic acids is 2. The van der Waals surface area contributed by atoms with Crippen molar-refractivity contribution in [1.29, 1.82) is 0 Å². The number of thioether (sulfide) groups is 2. The monoisotopic (exact) mass is 432 g/mol. The first-order valence-electron chi connectivity index (χ1n) is 11.3. The van der Waals surface area contributed by atoms with Gasteiger partial charge >= 0.3 is 0 Å². The summed E-state index contributed by atoms with van der Waals surface area (Å²) in [4.78, 5) is 26.8. The van der Waals surface area contributed by atoms with Crippen molar-refractivity contribution in [3.8, 4) is 0 Å². The minimum atomic E-state index is -0.426. The van der Waals surface area contributed by atoms with Gasteiger partial charge in [-0.25, -0.2) is 0 Å². The van der Waals surface area contributed by atoms with E-state index in [0.717, 1.165) is 88.8 Å². The molecule has 0 heterocycles. The third-order valence-electron chi connectivity index (χ3n) is 5.06. The largest absolute Gasteiger partial charge is 0.368 e. The molecule has 0 saturated heterocycles. The standard InChI is InChI=1S/C22H44N2O2S2/c1-5-9-13-22(21(23)26,14-10-6-2)28-18-17-27-19-20(25)24(15-11-7-3)16-12-8-4/h5-19H2,1-4H3,(H2,23,26). The molecule has 0 aliphatic heterocycles. The van der Waals surface area contributed by atoms with Crippen molar-refractivity contribution in [1.82, 2.24) is 4.90 Å². The third-order valence-corrected chi connectivity index (χ3v) is 7.84. The predicted octanol–water partition coefficient (Wildman–Crippen LogP) is 5.49. The Kier molecular flexibility index (Phi) is 17.3. The summed E-state index contributed by atoms with van der Waals surface area (Å²) >= 11 is 3.42. The molecule has 0 aromatic carbocycles. The van der Waals surface area contributed by atoms with Crippen LogP contribution in [0.3, 0.4) is 0 Å². The first-order chi connectivity index (χ1) is 13.5. The van der Waals surface area contributed by atoms with E-state index in [2.05, 4.69) is 27.7 Å². The van der Waals surface area contributed by atoms with Gasteiger partial charge in [0, 0.05) is 24.6 Å². The summed E-state index contributed by atoms with van der Waals surface area (Å²) in [6.45, 7) is 10.4. The maximum atomic E-state index is 12.5. The fraction of sp³-hybridized carbons (Fsp3) is 0.909. The van der Waals surface area contributed by atoms with Crippen LogP contribution in [0.5, 0.6) is 0 Å². The topological polar surface area (TPSA) is 63.4 Å². The van der Waals surface area contributed by atoms with Crippen molar-refractivity contribution in [2.75, 3.05) is 30.3 Å². The third kappa shape index (κ3) is 11.6. The Hall–Kier alpha value is -0.360. The van der Waals surface area contributed by atoms with Crippen molar-refractivity contribution < 1.29 is 9.59 Å². The summed E-state index contributed by atoms with van der Waals surface area (Å²) in [5.41, 5.74) is 5.82. The molecule has 28 heavy (non-hydrogen) atoms. The molecular formula is C22H44N2O2S2. The molecular weight excluding hydrogens is 388 g/mol. The van der Waals surface area contributed by atoms with Crippen molar-refractivity contribution in [2.24, 2.45) is 5.73 Å². The lowest BCUT2D eigenvalue weighted by Crippen LogP contribution is -2.41. The van der Waals surface area contributed by atoms with Crippen molar-refractivity contribution in [3.63, 3.8) is 0 Å². The van der Waals surface area contributed by atoms with Crippen LogP contribution in [0.15, 0.2) is 0 Å². The van der Waals surface area contributed by atoms with Gasteiger partial charge in [-0.1, -0.05) is 66.2 Å². The molecule has 6 heteroatoms. The number of rotatable bonds is 19. The van der Waals surface area contributed by atoms with Gasteiger partial charge in [0.1, 0.15) is 0 Å². The first kappa shape index (κ1) is 27.6.